The van der Waals surface area contributed by atoms with Crippen LogP contribution in [0.1, 0.15) is 11.5 Å². The summed E-state index contributed by atoms with van der Waals surface area (Å²) in [5, 5.41) is 16.5. The molecule has 23 heavy (non-hydrogen) atoms. The van der Waals surface area contributed by atoms with Crippen LogP contribution >= 0.6 is 11.6 Å². The average molecular weight is 326 g/mol. The first-order chi connectivity index (χ1) is 11.2. The van der Waals surface area contributed by atoms with Gasteiger partial charge in [-0.25, -0.2) is 4.98 Å². The monoisotopic (exact) mass is 325 g/mol. The minimum absolute atomic E-state index is 0.528. The number of aromatic nitrogens is 3. The van der Waals surface area contributed by atoms with Crippen LogP contribution < -0.4 is 5.32 Å². The smallest absolute Gasteiger partial charge is 0.228 e. The van der Waals surface area contributed by atoms with Crippen molar-refractivity contribution in [3.05, 3.63) is 59.1 Å². The van der Waals surface area contributed by atoms with Gasteiger partial charge in [0.1, 0.15) is 11.9 Å². The number of nitrogens with one attached hydrogen (secondary N) is 1. The highest BCUT2D eigenvalue weighted by Gasteiger charge is 2.08. The molecule has 1 N–H and O–H groups in total. The maximum Gasteiger partial charge on any atom is 0.228 e. The molecule has 3 rings (SSSR count). The van der Waals surface area contributed by atoms with E-state index < -0.39 is 0 Å². The third-order valence-electron chi connectivity index (χ3n) is 3.11. The summed E-state index contributed by atoms with van der Waals surface area (Å²) in [6.45, 7) is 0.598. The minimum Gasteiger partial charge on any atom is -0.370 e. The normalized spacial score (nSPS) is 10.3. The van der Waals surface area contributed by atoms with Crippen molar-refractivity contribution < 1.29 is 4.52 Å². The molecule has 0 saturated carbocycles. The maximum atomic E-state index is 8.72. The summed E-state index contributed by atoms with van der Waals surface area (Å²) in [5.74, 6) is 1.77. The number of nitrogens with zero attached hydrogens (tertiary/aromatic N) is 4. The van der Waals surface area contributed by atoms with E-state index in [2.05, 4.69) is 20.4 Å². The van der Waals surface area contributed by atoms with E-state index >= 15 is 0 Å². The van der Waals surface area contributed by atoms with E-state index in [1.807, 2.05) is 18.2 Å². The molecule has 0 aliphatic rings. The predicted octanol–water partition coefficient (Wildman–Crippen LogP) is 3.31. The van der Waals surface area contributed by atoms with Crippen LogP contribution in [0.25, 0.3) is 11.4 Å². The molecule has 0 amide bonds. The Morgan fingerprint density at radius 3 is 2.70 bits per heavy atom. The van der Waals surface area contributed by atoms with Crippen LogP contribution in [0, 0.1) is 11.3 Å². The number of hydrogen-bond donors (Lipinski definition) is 1. The Bertz CT molecular complexity index is 821. The number of benzene rings is 1. The second-order valence-electron chi connectivity index (χ2n) is 4.74. The Hall–Kier alpha value is -2.91. The van der Waals surface area contributed by atoms with Crippen molar-refractivity contribution in [1.29, 1.82) is 5.26 Å². The number of nitriles is 1. The quantitative estimate of drug-likeness (QED) is 0.774. The third-order valence-corrected chi connectivity index (χ3v) is 3.36. The van der Waals surface area contributed by atoms with Gasteiger partial charge < -0.3 is 9.84 Å². The zero-order valence-corrected chi connectivity index (χ0v) is 12.8. The van der Waals surface area contributed by atoms with Crippen molar-refractivity contribution >= 4 is 17.4 Å². The molecule has 0 unspecified atom stereocenters. The summed E-state index contributed by atoms with van der Waals surface area (Å²) >= 11 is 5.85. The van der Waals surface area contributed by atoms with Crippen molar-refractivity contribution in [2.24, 2.45) is 0 Å². The zero-order valence-electron chi connectivity index (χ0n) is 12.0. The molecule has 2 heterocycles. The van der Waals surface area contributed by atoms with Crippen LogP contribution in [0.3, 0.4) is 0 Å². The van der Waals surface area contributed by atoms with Crippen molar-refractivity contribution in [2.75, 3.05) is 11.9 Å². The number of anilines is 1. The van der Waals surface area contributed by atoms with Crippen LogP contribution in [0.15, 0.2) is 47.1 Å². The second kappa shape index (κ2) is 6.90. The lowest BCUT2D eigenvalue weighted by atomic mass is 10.2. The topological polar surface area (TPSA) is 87.6 Å². The first-order valence-corrected chi connectivity index (χ1v) is 7.31. The van der Waals surface area contributed by atoms with Crippen molar-refractivity contribution in [2.45, 2.75) is 6.42 Å². The van der Waals surface area contributed by atoms with E-state index in [4.69, 9.17) is 21.4 Å². The first-order valence-electron chi connectivity index (χ1n) is 6.93. The molecule has 0 aliphatic carbocycles. The Balaban J connectivity index is 1.56. The molecule has 114 valence electrons. The van der Waals surface area contributed by atoms with Crippen molar-refractivity contribution in [3.63, 3.8) is 0 Å². The van der Waals surface area contributed by atoms with Crippen LogP contribution in [0.5, 0.6) is 0 Å². The summed E-state index contributed by atoms with van der Waals surface area (Å²) in [5.41, 5.74) is 1.38. The van der Waals surface area contributed by atoms with E-state index in [1.54, 1.807) is 24.3 Å². The molecular formula is C16H12ClN5O. The van der Waals surface area contributed by atoms with E-state index in [0.29, 0.717) is 41.1 Å². The number of hydrogen-bond acceptors (Lipinski definition) is 6. The third kappa shape index (κ3) is 3.84. The zero-order chi connectivity index (χ0) is 16.1. The van der Waals surface area contributed by atoms with Gasteiger partial charge in [-0.1, -0.05) is 16.8 Å². The van der Waals surface area contributed by atoms with E-state index in [9.17, 15) is 0 Å². The van der Waals surface area contributed by atoms with Crippen LogP contribution in [0.4, 0.5) is 5.82 Å². The molecule has 0 saturated heterocycles. The molecule has 3 aromatic rings. The lowest BCUT2D eigenvalue weighted by molar-refractivity contribution is 0.381. The van der Waals surface area contributed by atoms with Gasteiger partial charge in [0.05, 0.1) is 5.56 Å². The highest BCUT2D eigenvalue weighted by atomic mass is 35.5. The standard InChI is InChI=1S/C16H12ClN5O/c17-13-4-2-12(3-5-13)16-21-15(23-22-16)7-8-19-14-6-1-11(9-18)10-20-14/h1-6,10H,7-8H2,(H,19,20). The summed E-state index contributed by atoms with van der Waals surface area (Å²) in [6.07, 6.45) is 2.09. The molecule has 0 spiro atoms. The Morgan fingerprint density at radius 1 is 1.17 bits per heavy atom. The van der Waals surface area contributed by atoms with Crippen LogP contribution in [0.2, 0.25) is 5.02 Å². The molecule has 7 heteroatoms. The number of pyridine rings is 1. The molecule has 0 radical (unpaired) electrons. The first kappa shape index (κ1) is 15.0. The van der Waals surface area contributed by atoms with Crippen molar-refractivity contribution in [1.82, 2.24) is 15.1 Å². The second-order valence-corrected chi connectivity index (χ2v) is 5.18. The fraction of sp³-hybridized carbons (Fsp3) is 0.125. The Morgan fingerprint density at radius 2 is 2.00 bits per heavy atom. The summed E-state index contributed by atoms with van der Waals surface area (Å²) in [7, 11) is 0. The van der Waals surface area contributed by atoms with E-state index in [-0.39, 0.29) is 0 Å². The van der Waals surface area contributed by atoms with Crippen LogP contribution in [-0.4, -0.2) is 21.7 Å². The Kier molecular flexibility index (Phi) is 4.50. The van der Waals surface area contributed by atoms with Gasteiger partial charge >= 0.3 is 0 Å². The minimum atomic E-state index is 0.528. The molecule has 6 nitrogen and oxygen atoms in total. The molecule has 0 fully saturated rings. The molecule has 0 aliphatic heterocycles. The van der Waals surface area contributed by atoms with Gasteiger partial charge in [0.15, 0.2) is 0 Å². The number of rotatable bonds is 5. The van der Waals surface area contributed by atoms with Gasteiger partial charge in [0, 0.05) is 29.7 Å². The molecule has 1 aromatic carbocycles. The molecular weight excluding hydrogens is 314 g/mol. The summed E-state index contributed by atoms with van der Waals surface area (Å²) < 4.78 is 5.23. The Labute approximate surface area is 137 Å². The van der Waals surface area contributed by atoms with Crippen molar-refractivity contribution in [3.8, 4) is 17.5 Å². The lowest BCUT2D eigenvalue weighted by Crippen LogP contribution is -2.06. The summed E-state index contributed by atoms with van der Waals surface area (Å²) in [4.78, 5) is 8.47. The van der Waals surface area contributed by atoms with Gasteiger partial charge in [0.2, 0.25) is 11.7 Å². The summed E-state index contributed by atoms with van der Waals surface area (Å²) in [6, 6.07) is 12.7. The van der Waals surface area contributed by atoms with Crippen LogP contribution in [-0.2, 0) is 6.42 Å². The lowest BCUT2D eigenvalue weighted by Gasteiger charge is -2.02. The fourth-order valence-corrected chi connectivity index (χ4v) is 2.06. The van der Waals surface area contributed by atoms with Gasteiger partial charge in [0.25, 0.3) is 0 Å². The maximum absolute atomic E-state index is 8.72. The van der Waals surface area contributed by atoms with Gasteiger partial charge in [-0.3, -0.25) is 0 Å². The largest absolute Gasteiger partial charge is 0.370 e. The van der Waals surface area contributed by atoms with Gasteiger partial charge in [-0.15, -0.1) is 0 Å². The molecule has 2 aromatic heterocycles. The predicted molar refractivity (Wildman–Crippen MR) is 85.9 cm³/mol. The highest BCUT2D eigenvalue weighted by molar-refractivity contribution is 6.30. The number of halogens is 1. The van der Waals surface area contributed by atoms with Gasteiger partial charge in [-0.2, -0.15) is 10.2 Å². The van der Waals surface area contributed by atoms with E-state index in [0.717, 1.165) is 5.56 Å². The average Bonchev–Trinajstić information content (AvgIpc) is 3.05. The fourth-order valence-electron chi connectivity index (χ4n) is 1.93. The van der Waals surface area contributed by atoms with E-state index in [1.165, 1.54) is 6.20 Å². The molecule has 0 atom stereocenters. The van der Waals surface area contributed by atoms with Gasteiger partial charge in [-0.05, 0) is 36.4 Å². The highest BCUT2D eigenvalue weighted by Crippen LogP contribution is 2.18. The molecule has 0 bridgehead atoms. The SMILES string of the molecule is N#Cc1ccc(NCCc2nc(-c3ccc(Cl)cc3)no2)nc1.